The highest BCUT2D eigenvalue weighted by Crippen LogP contribution is 2.34. The summed E-state index contributed by atoms with van der Waals surface area (Å²) in [6, 6.07) is 13.7. The van der Waals surface area contributed by atoms with Crippen LogP contribution < -0.4 is 14.8 Å². The summed E-state index contributed by atoms with van der Waals surface area (Å²) < 4.78 is 11.5. The first-order valence-corrected chi connectivity index (χ1v) is 9.37. The van der Waals surface area contributed by atoms with E-state index in [9.17, 15) is 4.79 Å². The lowest BCUT2D eigenvalue weighted by Gasteiger charge is -2.12. The molecule has 1 amide bonds. The number of carbonyl (C=O) groups is 1. The molecule has 0 aliphatic heterocycles. The van der Waals surface area contributed by atoms with Crippen LogP contribution in [-0.2, 0) is 17.1 Å². The van der Waals surface area contributed by atoms with Gasteiger partial charge in [-0.1, -0.05) is 46.3 Å². The highest BCUT2D eigenvalue weighted by atomic mass is 79.9. The Bertz CT molecular complexity index is 679. The molecule has 0 saturated carbocycles. The number of thioether (sulfide) groups is 1. The van der Waals surface area contributed by atoms with Gasteiger partial charge < -0.3 is 14.8 Å². The quantitative estimate of drug-likeness (QED) is 0.714. The zero-order valence-electron chi connectivity index (χ0n) is 13.7. The lowest BCUT2D eigenvalue weighted by atomic mass is 10.2. The molecule has 0 unspecified atom stereocenters. The molecule has 0 spiro atoms. The van der Waals surface area contributed by atoms with Crippen molar-refractivity contribution in [3.8, 4) is 11.5 Å². The predicted octanol–water partition coefficient (Wildman–Crippen LogP) is 4.02. The molecule has 24 heavy (non-hydrogen) atoms. The van der Waals surface area contributed by atoms with Gasteiger partial charge in [0.05, 0.1) is 20.0 Å². The average Bonchev–Trinajstić information content (AvgIpc) is 2.61. The van der Waals surface area contributed by atoms with Crippen LogP contribution in [0.1, 0.15) is 11.1 Å². The fraction of sp³-hybridized carbons (Fsp3) is 0.278. The van der Waals surface area contributed by atoms with E-state index in [4.69, 9.17) is 9.47 Å². The van der Waals surface area contributed by atoms with Gasteiger partial charge in [-0.25, -0.2) is 0 Å². The minimum atomic E-state index is 0.0282. The summed E-state index contributed by atoms with van der Waals surface area (Å²) >= 11 is 5.09. The Hall–Kier alpha value is -1.66. The van der Waals surface area contributed by atoms with Crippen molar-refractivity contribution in [2.24, 2.45) is 0 Å². The molecule has 0 radical (unpaired) electrons. The second-order valence-corrected chi connectivity index (χ2v) is 6.89. The Kier molecular flexibility index (Phi) is 7.46. The molecule has 0 bridgehead atoms. The zero-order chi connectivity index (χ0) is 17.4. The number of rotatable bonds is 8. The van der Waals surface area contributed by atoms with Crippen LogP contribution in [0, 0.1) is 0 Å². The second kappa shape index (κ2) is 9.59. The molecule has 2 rings (SSSR count). The van der Waals surface area contributed by atoms with Crippen molar-refractivity contribution in [2.75, 3.05) is 20.0 Å². The van der Waals surface area contributed by atoms with Gasteiger partial charge in [-0.05, 0) is 23.3 Å². The first-order chi connectivity index (χ1) is 11.6. The standard InChI is InChI=1S/C18H20BrNO3S/c1-22-16-8-14(15(19)9-17(16)23-2)11-24-12-18(21)20-10-13-6-4-3-5-7-13/h3-9H,10-12H2,1-2H3,(H,20,21). The van der Waals surface area contributed by atoms with Crippen molar-refractivity contribution in [2.45, 2.75) is 12.3 Å². The Morgan fingerprint density at radius 3 is 2.46 bits per heavy atom. The van der Waals surface area contributed by atoms with Gasteiger partial charge in [-0.2, -0.15) is 0 Å². The van der Waals surface area contributed by atoms with Gasteiger partial charge in [0.1, 0.15) is 0 Å². The number of carbonyl (C=O) groups excluding carboxylic acids is 1. The van der Waals surface area contributed by atoms with Crippen LogP contribution in [0.4, 0.5) is 0 Å². The second-order valence-electron chi connectivity index (χ2n) is 5.05. The molecule has 0 aliphatic rings. The monoisotopic (exact) mass is 409 g/mol. The van der Waals surface area contributed by atoms with Crippen LogP contribution >= 0.6 is 27.7 Å². The van der Waals surface area contributed by atoms with Crippen molar-refractivity contribution in [3.63, 3.8) is 0 Å². The number of hydrogen-bond donors (Lipinski definition) is 1. The SMILES string of the molecule is COc1cc(Br)c(CSCC(=O)NCc2ccccc2)cc1OC. The van der Waals surface area contributed by atoms with Crippen LogP contribution in [0.5, 0.6) is 11.5 Å². The van der Waals surface area contributed by atoms with E-state index in [2.05, 4.69) is 21.2 Å². The van der Waals surface area contributed by atoms with Crippen LogP contribution in [0.15, 0.2) is 46.9 Å². The number of nitrogens with one attached hydrogen (secondary N) is 1. The Labute approximate surface area is 155 Å². The minimum absolute atomic E-state index is 0.0282. The fourth-order valence-corrected chi connectivity index (χ4v) is 3.60. The molecule has 128 valence electrons. The van der Waals surface area contributed by atoms with E-state index in [1.807, 2.05) is 42.5 Å². The number of amides is 1. The maximum atomic E-state index is 11.9. The molecular formula is C18H20BrNO3S. The fourth-order valence-electron chi connectivity index (χ4n) is 2.11. The summed E-state index contributed by atoms with van der Waals surface area (Å²) in [5.41, 5.74) is 2.16. The lowest BCUT2D eigenvalue weighted by Crippen LogP contribution is -2.24. The summed E-state index contributed by atoms with van der Waals surface area (Å²) in [5.74, 6) is 2.51. The first-order valence-electron chi connectivity index (χ1n) is 7.42. The number of ether oxygens (including phenoxy) is 2. The molecule has 6 heteroatoms. The van der Waals surface area contributed by atoms with Crippen molar-refractivity contribution in [3.05, 3.63) is 58.1 Å². The summed E-state index contributed by atoms with van der Waals surface area (Å²) in [6.45, 7) is 0.556. The molecule has 2 aromatic carbocycles. The molecule has 0 aromatic heterocycles. The van der Waals surface area contributed by atoms with Crippen LogP contribution in [0.25, 0.3) is 0 Å². The normalized spacial score (nSPS) is 10.3. The third kappa shape index (κ3) is 5.46. The number of halogens is 1. The first kappa shape index (κ1) is 18.7. The van der Waals surface area contributed by atoms with E-state index in [0.717, 1.165) is 15.6 Å². The Balaban J connectivity index is 1.82. The van der Waals surface area contributed by atoms with Crippen molar-refractivity contribution < 1.29 is 14.3 Å². The highest BCUT2D eigenvalue weighted by Gasteiger charge is 2.10. The van der Waals surface area contributed by atoms with Crippen molar-refractivity contribution >= 4 is 33.6 Å². The molecule has 0 fully saturated rings. The van der Waals surface area contributed by atoms with E-state index in [-0.39, 0.29) is 5.91 Å². The summed E-state index contributed by atoms with van der Waals surface area (Å²) in [7, 11) is 3.22. The van der Waals surface area contributed by atoms with Gasteiger partial charge in [0.15, 0.2) is 11.5 Å². The Morgan fingerprint density at radius 2 is 1.79 bits per heavy atom. The topological polar surface area (TPSA) is 47.6 Å². The maximum Gasteiger partial charge on any atom is 0.230 e. The summed E-state index contributed by atoms with van der Waals surface area (Å²) in [6.07, 6.45) is 0. The van der Waals surface area contributed by atoms with E-state index in [0.29, 0.717) is 29.5 Å². The molecule has 0 aliphatic carbocycles. The van der Waals surface area contributed by atoms with Gasteiger partial charge in [-0.15, -0.1) is 11.8 Å². The average molecular weight is 410 g/mol. The molecule has 1 N–H and O–H groups in total. The van der Waals surface area contributed by atoms with Gasteiger partial charge in [0.2, 0.25) is 5.91 Å². The molecular weight excluding hydrogens is 390 g/mol. The molecule has 0 heterocycles. The van der Waals surface area contributed by atoms with E-state index >= 15 is 0 Å². The van der Waals surface area contributed by atoms with Crippen LogP contribution in [-0.4, -0.2) is 25.9 Å². The molecule has 4 nitrogen and oxygen atoms in total. The molecule has 0 saturated heterocycles. The van der Waals surface area contributed by atoms with Gasteiger partial charge >= 0.3 is 0 Å². The molecule has 0 atom stereocenters. The smallest absolute Gasteiger partial charge is 0.230 e. The number of hydrogen-bond acceptors (Lipinski definition) is 4. The minimum Gasteiger partial charge on any atom is -0.493 e. The summed E-state index contributed by atoms with van der Waals surface area (Å²) in [4.78, 5) is 11.9. The third-order valence-corrected chi connectivity index (χ3v) is 5.10. The predicted molar refractivity (Wildman–Crippen MR) is 102 cm³/mol. The van der Waals surface area contributed by atoms with E-state index in [1.54, 1.807) is 26.0 Å². The van der Waals surface area contributed by atoms with Gasteiger partial charge in [-0.3, -0.25) is 4.79 Å². The van der Waals surface area contributed by atoms with E-state index in [1.165, 1.54) is 0 Å². The van der Waals surface area contributed by atoms with Crippen molar-refractivity contribution in [1.29, 1.82) is 0 Å². The van der Waals surface area contributed by atoms with Crippen LogP contribution in [0.2, 0.25) is 0 Å². The third-order valence-electron chi connectivity index (χ3n) is 3.38. The highest BCUT2D eigenvalue weighted by molar-refractivity contribution is 9.10. The largest absolute Gasteiger partial charge is 0.493 e. The van der Waals surface area contributed by atoms with Crippen molar-refractivity contribution in [1.82, 2.24) is 5.32 Å². The molecule has 2 aromatic rings. The number of benzene rings is 2. The van der Waals surface area contributed by atoms with E-state index < -0.39 is 0 Å². The maximum absolute atomic E-state index is 11.9. The van der Waals surface area contributed by atoms with Gasteiger partial charge in [0, 0.05) is 16.8 Å². The van der Waals surface area contributed by atoms with Gasteiger partial charge in [0.25, 0.3) is 0 Å². The Morgan fingerprint density at radius 1 is 1.12 bits per heavy atom. The zero-order valence-corrected chi connectivity index (χ0v) is 16.1. The lowest BCUT2D eigenvalue weighted by molar-refractivity contribution is -0.118. The number of methoxy groups -OCH3 is 2. The van der Waals surface area contributed by atoms with Crippen LogP contribution in [0.3, 0.4) is 0 Å². The summed E-state index contributed by atoms with van der Waals surface area (Å²) in [5, 5.41) is 2.92.